The van der Waals surface area contributed by atoms with Crippen molar-refractivity contribution < 1.29 is 0 Å². The molecule has 0 aromatic carbocycles. The molecular weight excluding hydrogens is 186 g/mol. The number of pyridine rings is 1. The Morgan fingerprint density at radius 1 is 1.40 bits per heavy atom. The second-order valence-electron chi connectivity index (χ2n) is 4.47. The topological polar surface area (TPSA) is 64.9 Å². The molecule has 0 radical (unpaired) electrons. The lowest BCUT2D eigenvalue weighted by molar-refractivity contribution is 0.374. The summed E-state index contributed by atoms with van der Waals surface area (Å²) < 4.78 is 0. The van der Waals surface area contributed by atoms with Gasteiger partial charge in [-0.3, -0.25) is 4.98 Å². The molecule has 0 aliphatic rings. The first-order chi connectivity index (χ1) is 7.09. The van der Waals surface area contributed by atoms with Crippen LogP contribution in [0.3, 0.4) is 0 Å². The smallest absolute Gasteiger partial charge is 0.0475 e. The Bertz CT molecular complexity index is 282. The maximum atomic E-state index is 6.17. The largest absolute Gasteiger partial charge is 0.330 e. The van der Waals surface area contributed by atoms with Crippen LogP contribution in [-0.2, 0) is 5.41 Å². The van der Waals surface area contributed by atoms with Gasteiger partial charge in [0.2, 0.25) is 0 Å². The molecule has 4 N–H and O–H groups in total. The minimum atomic E-state index is -0.0869. The fourth-order valence-corrected chi connectivity index (χ4v) is 1.63. The first-order valence-electron chi connectivity index (χ1n) is 5.46. The fourth-order valence-electron chi connectivity index (χ4n) is 1.63. The lowest BCUT2D eigenvalue weighted by atomic mass is 9.79. The lowest BCUT2D eigenvalue weighted by Crippen LogP contribution is -2.41. The van der Waals surface area contributed by atoms with Gasteiger partial charge in [0.1, 0.15) is 0 Å². The molecule has 0 aliphatic heterocycles. The van der Waals surface area contributed by atoms with Gasteiger partial charge >= 0.3 is 0 Å². The maximum Gasteiger partial charge on any atom is 0.0475 e. The van der Waals surface area contributed by atoms with Crippen LogP contribution in [0.5, 0.6) is 0 Å². The number of nitrogens with zero attached hydrogens (tertiary/aromatic N) is 1. The van der Waals surface area contributed by atoms with Crippen LogP contribution in [0.1, 0.15) is 32.4 Å². The molecule has 0 spiro atoms. The van der Waals surface area contributed by atoms with E-state index in [2.05, 4.69) is 18.8 Å². The molecule has 84 valence electrons. The second kappa shape index (κ2) is 5.24. The van der Waals surface area contributed by atoms with E-state index in [-0.39, 0.29) is 11.5 Å². The van der Waals surface area contributed by atoms with E-state index in [1.807, 2.05) is 24.4 Å². The average molecular weight is 207 g/mol. The highest BCUT2D eigenvalue weighted by Gasteiger charge is 2.28. The van der Waals surface area contributed by atoms with E-state index < -0.39 is 0 Å². The summed E-state index contributed by atoms with van der Waals surface area (Å²) in [6.07, 6.45) is 3.73. The van der Waals surface area contributed by atoms with Gasteiger partial charge in [-0.25, -0.2) is 0 Å². The van der Waals surface area contributed by atoms with Gasteiger partial charge in [-0.15, -0.1) is 0 Å². The normalized spacial score (nSPS) is 13.9. The van der Waals surface area contributed by atoms with Crippen molar-refractivity contribution in [3.05, 3.63) is 30.1 Å². The third kappa shape index (κ3) is 3.01. The molecule has 1 heterocycles. The van der Waals surface area contributed by atoms with E-state index in [4.69, 9.17) is 11.5 Å². The monoisotopic (exact) mass is 207 g/mol. The van der Waals surface area contributed by atoms with Crippen molar-refractivity contribution in [3.63, 3.8) is 0 Å². The molecule has 0 saturated heterocycles. The molecule has 3 nitrogen and oxygen atoms in total. The number of aromatic nitrogens is 1. The van der Waals surface area contributed by atoms with Crippen LogP contribution in [0, 0.1) is 0 Å². The highest BCUT2D eigenvalue weighted by Crippen LogP contribution is 2.26. The molecule has 1 rings (SSSR count). The molecule has 1 aromatic rings. The summed E-state index contributed by atoms with van der Waals surface area (Å²) in [5.74, 6) is 0. The van der Waals surface area contributed by atoms with Crippen molar-refractivity contribution in [3.8, 4) is 0 Å². The Hall–Kier alpha value is -0.930. The molecule has 0 aliphatic carbocycles. The Balaban J connectivity index is 2.73. The molecular formula is C12H21N3. The van der Waals surface area contributed by atoms with Crippen LogP contribution in [0.15, 0.2) is 24.4 Å². The summed E-state index contributed by atoms with van der Waals surface area (Å²) >= 11 is 0. The Morgan fingerprint density at radius 2 is 2.13 bits per heavy atom. The van der Waals surface area contributed by atoms with Crippen LogP contribution in [0.2, 0.25) is 0 Å². The molecule has 15 heavy (non-hydrogen) atoms. The predicted octanol–water partition coefficient (Wildman–Crippen LogP) is 1.43. The number of hydrogen-bond acceptors (Lipinski definition) is 3. The predicted molar refractivity (Wildman–Crippen MR) is 63.5 cm³/mol. The maximum absolute atomic E-state index is 6.17. The molecule has 0 amide bonds. The molecule has 0 fully saturated rings. The quantitative estimate of drug-likeness (QED) is 0.767. The molecule has 1 unspecified atom stereocenters. The second-order valence-corrected chi connectivity index (χ2v) is 4.47. The van der Waals surface area contributed by atoms with Crippen molar-refractivity contribution in [1.82, 2.24) is 4.98 Å². The van der Waals surface area contributed by atoms with Crippen LogP contribution < -0.4 is 11.5 Å². The lowest BCUT2D eigenvalue weighted by Gasteiger charge is -2.31. The first-order valence-corrected chi connectivity index (χ1v) is 5.46. The number of rotatable bonds is 5. The Morgan fingerprint density at radius 3 is 2.67 bits per heavy atom. The van der Waals surface area contributed by atoms with E-state index in [1.54, 1.807) is 0 Å². The zero-order chi connectivity index (χ0) is 11.3. The van der Waals surface area contributed by atoms with Crippen molar-refractivity contribution in [2.45, 2.75) is 38.1 Å². The van der Waals surface area contributed by atoms with E-state index >= 15 is 0 Å². The van der Waals surface area contributed by atoms with Crippen molar-refractivity contribution in [2.24, 2.45) is 11.5 Å². The summed E-state index contributed by atoms with van der Waals surface area (Å²) in [6.45, 7) is 4.97. The van der Waals surface area contributed by atoms with Crippen LogP contribution >= 0.6 is 0 Å². The molecule has 0 bridgehead atoms. The van der Waals surface area contributed by atoms with Crippen LogP contribution in [0.25, 0.3) is 0 Å². The minimum Gasteiger partial charge on any atom is -0.330 e. The van der Waals surface area contributed by atoms with E-state index in [0.29, 0.717) is 6.54 Å². The number of nitrogens with two attached hydrogens (primary N) is 2. The molecule has 1 aromatic heterocycles. The zero-order valence-electron chi connectivity index (χ0n) is 9.61. The molecule has 1 atom stereocenters. The minimum absolute atomic E-state index is 0.0869. The average Bonchev–Trinajstić information content (AvgIpc) is 2.27. The van der Waals surface area contributed by atoms with Gasteiger partial charge in [-0.1, -0.05) is 19.9 Å². The third-order valence-corrected chi connectivity index (χ3v) is 2.97. The van der Waals surface area contributed by atoms with E-state index in [0.717, 1.165) is 18.5 Å². The van der Waals surface area contributed by atoms with Crippen molar-refractivity contribution in [1.29, 1.82) is 0 Å². The standard InChI is InChI=1S/C12H21N3/c1-12(2,10(14)6-5-8-13)11-7-3-4-9-15-11/h3-4,7,9-10H,5-6,8,13-14H2,1-2H3. The van der Waals surface area contributed by atoms with Gasteiger partial charge in [0.25, 0.3) is 0 Å². The summed E-state index contributed by atoms with van der Waals surface area (Å²) in [5.41, 5.74) is 12.6. The van der Waals surface area contributed by atoms with Crippen LogP contribution in [0.4, 0.5) is 0 Å². The van der Waals surface area contributed by atoms with Gasteiger partial charge in [-0.2, -0.15) is 0 Å². The first kappa shape index (κ1) is 12.1. The van der Waals surface area contributed by atoms with E-state index in [1.165, 1.54) is 0 Å². The van der Waals surface area contributed by atoms with Crippen molar-refractivity contribution >= 4 is 0 Å². The van der Waals surface area contributed by atoms with E-state index in [9.17, 15) is 0 Å². The van der Waals surface area contributed by atoms with Gasteiger partial charge < -0.3 is 11.5 Å². The van der Waals surface area contributed by atoms with Crippen molar-refractivity contribution in [2.75, 3.05) is 6.54 Å². The number of hydrogen-bond donors (Lipinski definition) is 2. The summed E-state index contributed by atoms with van der Waals surface area (Å²) in [7, 11) is 0. The highest BCUT2D eigenvalue weighted by molar-refractivity contribution is 5.17. The van der Waals surface area contributed by atoms with Gasteiger partial charge in [-0.05, 0) is 31.5 Å². The highest BCUT2D eigenvalue weighted by atomic mass is 14.8. The van der Waals surface area contributed by atoms with Crippen LogP contribution in [-0.4, -0.2) is 17.6 Å². The van der Waals surface area contributed by atoms with Gasteiger partial charge in [0, 0.05) is 23.3 Å². The SMILES string of the molecule is CC(C)(c1ccccn1)C(N)CCCN. The van der Waals surface area contributed by atoms with Gasteiger partial charge in [0.15, 0.2) is 0 Å². The summed E-state index contributed by atoms with van der Waals surface area (Å²) in [6, 6.07) is 6.06. The molecule has 0 saturated carbocycles. The fraction of sp³-hybridized carbons (Fsp3) is 0.583. The summed E-state index contributed by atoms with van der Waals surface area (Å²) in [4.78, 5) is 4.37. The Kier molecular flexibility index (Phi) is 4.24. The Labute approximate surface area is 91.9 Å². The van der Waals surface area contributed by atoms with Gasteiger partial charge in [0.05, 0.1) is 0 Å². The summed E-state index contributed by atoms with van der Waals surface area (Å²) in [5, 5.41) is 0. The third-order valence-electron chi connectivity index (χ3n) is 2.97. The zero-order valence-corrected chi connectivity index (χ0v) is 9.61. The molecule has 3 heteroatoms.